The van der Waals surface area contributed by atoms with Gasteiger partial charge in [-0.3, -0.25) is 5.10 Å². The highest BCUT2D eigenvalue weighted by molar-refractivity contribution is 5.20. The van der Waals surface area contributed by atoms with Gasteiger partial charge in [-0.05, 0) is 24.6 Å². The predicted molar refractivity (Wildman–Crippen MR) is 66.3 cm³/mol. The topological polar surface area (TPSA) is 60.9 Å². The zero-order valence-electron chi connectivity index (χ0n) is 10.5. The van der Waals surface area contributed by atoms with Crippen LogP contribution in [0.1, 0.15) is 22.9 Å². The first kappa shape index (κ1) is 13.6. The molecule has 0 fully saturated rings. The number of aryl methyl sites for hydroxylation is 1. The van der Waals surface area contributed by atoms with Crippen LogP contribution < -0.4 is 5.32 Å². The summed E-state index contributed by atoms with van der Waals surface area (Å²) < 4.78 is 25.8. The van der Waals surface area contributed by atoms with Crippen LogP contribution in [0.3, 0.4) is 0 Å². The minimum Gasteiger partial charge on any atom is -0.387 e. The summed E-state index contributed by atoms with van der Waals surface area (Å²) in [5, 5.41) is 19.6. The number of rotatable bonds is 5. The van der Waals surface area contributed by atoms with Crippen LogP contribution in [0.5, 0.6) is 0 Å². The zero-order chi connectivity index (χ0) is 13.8. The molecule has 102 valence electrons. The summed E-state index contributed by atoms with van der Waals surface area (Å²) in [7, 11) is 0. The third-order valence-corrected chi connectivity index (χ3v) is 2.92. The maximum Gasteiger partial charge on any atom is 0.159 e. The molecular formula is C13H15F2N3O. The van der Waals surface area contributed by atoms with Gasteiger partial charge in [0.05, 0.1) is 12.3 Å². The Balaban J connectivity index is 1.89. The van der Waals surface area contributed by atoms with E-state index in [1.807, 2.05) is 6.92 Å². The monoisotopic (exact) mass is 267 g/mol. The average molecular weight is 267 g/mol. The smallest absolute Gasteiger partial charge is 0.159 e. The summed E-state index contributed by atoms with van der Waals surface area (Å²) in [6.07, 6.45) is 0.814. The maximum atomic E-state index is 13.0. The van der Waals surface area contributed by atoms with Gasteiger partial charge in [-0.25, -0.2) is 8.78 Å². The van der Waals surface area contributed by atoms with Crippen LogP contribution >= 0.6 is 0 Å². The van der Waals surface area contributed by atoms with E-state index >= 15 is 0 Å². The number of aromatic amines is 1. The van der Waals surface area contributed by atoms with Crippen molar-refractivity contribution in [3.05, 3.63) is 52.9 Å². The van der Waals surface area contributed by atoms with Gasteiger partial charge in [-0.2, -0.15) is 5.10 Å². The molecule has 0 amide bonds. The van der Waals surface area contributed by atoms with E-state index in [9.17, 15) is 13.9 Å². The molecule has 1 aromatic heterocycles. The first-order chi connectivity index (χ1) is 9.08. The van der Waals surface area contributed by atoms with Crippen molar-refractivity contribution < 1.29 is 13.9 Å². The molecule has 0 spiro atoms. The summed E-state index contributed by atoms with van der Waals surface area (Å²) >= 11 is 0. The zero-order valence-corrected chi connectivity index (χ0v) is 10.5. The highest BCUT2D eigenvalue weighted by atomic mass is 19.2. The fraction of sp³-hybridized carbons (Fsp3) is 0.308. The Bertz CT molecular complexity index is 557. The summed E-state index contributed by atoms with van der Waals surface area (Å²) in [4.78, 5) is 0. The lowest BCUT2D eigenvalue weighted by Crippen LogP contribution is -2.21. The summed E-state index contributed by atoms with van der Waals surface area (Å²) in [5.74, 6) is -1.87. The largest absolute Gasteiger partial charge is 0.387 e. The molecule has 0 radical (unpaired) electrons. The summed E-state index contributed by atoms with van der Waals surface area (Å²) in [6.45, 7) is 2.69. The number of nitrogens with zero attached hydrogens (tertiary/aromatic N) is 1. The van der Waals surface area contributed by atoms with Crippen LogP contribution in [0.4, 0.5) is 8.78 Å². The number of H-pyrrole nitrogens is 1. The first-order valence-electron chi connectivity index (χ1n) is 5.90. The molecule has 0 bridgehead atoms. The van der Waals surface area contributed by atoms with Crippen molar-refractivity contribution >= 4 is 0 Å². The Hall–Kier alpha value is -1.79. The Kier molecular flexibility index (Phi) is 4.24. The fourth-order valence-corrected chi connectivity index (χ4v) is 1.73. The standard InChI is InChI=1S/C13H15F2N3O/c1-8-10(6-17-18-8)5-16-7-13(19)9-2-3-11(14)12(15)4-9/h2-4,6,13,16,19H,5,7H2,1H3,(H,17,18)/t13-/m1/s1. The van der Waals surface area contributed by atoms with Crippen molar-refractivity contribution in [2.24, 2.45) is 0 Å². The Morgan fingerprint density at radius 1 is 1.37 bits per heavy atom. The van der Waals surface area contributed by atoms with Crippen LogP contribution in [-0.4, -0.2) is 21.8 Å². The highest BCUT2D eigenvalue weighted by Gasteiger charge is 2.11. The molecule has 1 heterocycles. The van der Waals surface area contributed by atoms with Crippen LogP contribution in [0.15, 0.2) is 24.4 Å². The number of nitrogens with one attached hydrogen (secondary N) is 2. The van der Waals surface area contributed by atoms with Gasteiger partial charge >= 0.3 is 0 Å². The van der Waals surface area contributed by atoms with E-state index in [1.165, 1.54) is 6.07 Å². The third-order valence-electron chi connectivity index (χ3n) is 2.92. The van der Waals surface area contributed by atoms with Crippen molar-refractivity contribution in [2.45, 2.75) is 19.6 Å². The van der Waals surface area contributed by atoms with Gasteiger partial charge in [-0.1, -0.05) is 6.07 Å². The Morgan fingerprint density at radius 2 is 2.16 bits per heavy atom. The van der Waals surface area contributed by atoms with Crippen LogP contribution in [0.25, 0.3) is 0 Å². The molecule has 2 rings (SSSR count). The molecule has 0 aliphatic carbocycles. The third kappa shape index (κ3) is 3.36. The molecule has 3 N–H and O–H groups in total. The number of aliphatic hydroxyl groups is 1. The van der Waals surface area contributed by atoms with Gasteiger partial charge in [0.2, 0.25) is 0 Å². The second kappa shape index (κ2) is 5.90. The molecule has 6 heteroatoms. The number of hydrogen-bond acceptors (Lipinski definition) is 3. The summed E-state index contributed by atoms with van der Waals surface area (Å²) in [6, 6.07) is 3.38. The molecule has 0 unspecified atom stereocenters. The lowest BCUT2D eigenvalue weighted by Gasteiger charge is -2.12. The van der Waals surface area contributed by atoms with Gasteiger partial charge in [-0.15, -0.1) is 0 Å². The Morgan fingerprint density at radius 3 is 2.79 bits per heavy atom. The highest BCUT2D eigenvalue weighted by Crippen LogP contribution is 2.15. The lowest BCUT2D eigenvalue weighted by molar-refractivity contribution is 0.173. The van der Waals surface area contributed by atoms with Crippen LogP contribution in [0, 0.1) is 18.6 Å². The van der Waals surface area contributed by atoms with Crippen molar-refractivity contribution in [3.8, 4) is 0 Å². The molecule has 0 saturated heterocycles. The molecule has 4 nitrogen and oxygen atoms in total. The molecule has 19 heavy (non-hydrogen) atoms. The summed E-state index contributed by atoms with van der Waals surface area (Å²) in [5.41, 5.74) is 2.29. The van der Waals surface area contributed by atoms with E-state index in [-0.39, 0.29) is 6.54 Å². The second-order valence-corrected chi connectivity index (χ2v) is 4.34. The maximum absolute atomic E-state index is 13.0. The molecular weight excluding hydrogens is 252 g/mol. The normalized spacial score (nSPS) is 12.6. The van der Waals surface area contributed by atoms with E-state index in [0.717, 1.165) is 23.4 Å². The van der Waals surface area contributed by atoms with Gasteiger partial charge in [0.25, 0.3) is 0 Å². The van der Waals surface area contributed by atoms with Gasteiger partial charge in [0, 0.05) is 24.3 Å². The minimum atomic E-state index is -0.956. The van der Waals surface area contributed by atoms with E-state index in [4.69, 9.17) is 0 Å². The van der Waals surface area contributed by atoms with E-state index in [0.29, 0.717) is 12.1 Å². The molecule has 2 aromatic rings. The van der Waals surface area contributed by atoms with Crippen molar-refractivity contribution in [2.75, 3.05) is 6.54 Å². The minimum absolute atomic E-state index is 0.246. The van der Waals surface area contributed by atoms with Crippen LogP contribution in [-0.2, 0) is 6.54 Å². The predicted octanol–water partition coefficient (Wildman–Crippen LogP) is 1.82. The number of aliphatic hydroxyl groups excluding tert-OH is 1. The number of hydrogen-bond donors (Lipinski definition) is 3. The van der Waals surface area contributed by atoms with Crippen LogP contribution in [0.2, 0.25) is 0 Å². The SMILES string of the molecule is Cc1[nH]ncc1CNC[C@@H](O)c1ccc(F)c(F)c1. The van der Waals surface area contributed by atoms with Crippen molar-refractivity contribution in [3.63, 3.8) is 0 Å². The van der Waals surface area contributed by atoms with Gasteiger partial charge in [0.15, 0.2) is 11.6 Å². The number of aromatic nitrogens is 2. The number of benzene rings is 1. The van der Waals surface area contributed by atoms with E-state index in [1.54, 1.807) is 6.20 Å². The molecule has 1 aromatic carbocycles. The molecule has 0 saturated carbocycles. The first-order valence-corrected chi connectivity index (χ1v) is 5.90. The average Bonchev–Trinajstić information content (AvgIpc) is 2.78. The van der Waals surface area contributed by atoms with E-state index < -0.39 is 17.7 Å². The quantitative estimate of drug-likeness (QED) is 0.774. The lowest BCUT2D eigenvalue weighted by atomic mass is 10.1. The van der Waals surface area contributed by atoms with Gasteiger partial charge in [0.1, 0.15) is 0 Å². The van der Waals surface area contributed by atoms with Crippen molar-refractivity contribution in [1.29, 1.82) is 0 Å². The van der Waals surface area contributed by atoms with E-state index in [2.05, 4.69) is 15.5 Å². The number of halogens is 2. The fourth-order valence-electron chi connectivity index (χ4n) is 1.73. The Labute approximate surface area is 109 Å². The van der Waals surface area contributed by atoms with Crippen molar-refractivity contribution in [1.82, 2.24) is 15.5 Å². The molecule has 0 aliphatic heterocycles. The van der Waals surface area contributed by atoms with Gasteiger partial charge < -0.3 is 10.4 Å². The second-order valence-electron chi connectivity index (χ2n) is 4.34. The molecule has 0 aliphatic rings. The molecule has 1 atom stereocenters.